The normalized spacial score (nSPS) is 10.3. The zero-order chi connectivity index (χ0) is 19.3. The molecule has 0 heterocycles. The van der Waals surface area contributed by atoms with Gasteiger partial charge in [0.1, 0.15) is 6.61 Å². The van der Waals surface area contributed by atoms with Crippen LogP contribution in [0.5, 0.6) is 11.5 Å². The third kappa shape index (κ3) is 5.38. The number of hydrogen-bond donors (Lipinski definition) is 2. The summed E-state index contributed by atoms with van der Waals surface area (Å²) in [5.74, 6) is 0.122. The fourth-order valence-corrected chi connectivity index (χ4v) is 2.90. The minimum absolute atomic E-state index is 0.137. The summed E-state index contributed by atoms with van der Waals surface area (Å²) < 4.78 is 11.3. The second-order valence-corrected chi connectivity index (χ2v) is 6.75. The molecule has 2 aromatic carbocycles. The SMILES string of the molecule is CCOc1cc(C(=O)NC(N)=S)cc(Cl)c1OCc1ccc(Cl)cc1Cl. The van der Waals surface area contributed by atoms with Crippen LogP contribution >= 0.6 is 47.0 Å². The lowest BCUT2D eigenvalue weighted by atomic mass is 10.2. The Morgan fingerprint density at radius 1 is 1.15 bits per heavy atom. The van der Waals surface area contributed by atoms with E-state index in [1.165, 1.54) is 12.1 Å². The largest absolute Gasteiger partial charge is 0.490 e. The zero-order valence-electron chi connectivity index (χ0n) is 13.6. The first-order valence-corrected chi connectivity index (χ1v) is 9.00. The van der Waals surface area contributed by atoms with Crippen LogP contribution < -0.4 is 20.5 Å². The molecule has 0 fully saturated rings. The summed E-state index contributed by atoms with van der Waals surface area (Å²) in [6.45, 7) is 2.30. The second-order valence-electron chi connectivity index (χ2n) is 5.06. The highest BCUT2D eigenvalue weighted by atomic mass is 35.5. The van der Waals surface area contributed by atoms with Crippen molar-refractivity contribution in [1.82, 2.24) is 5.32 Å². The van der Waals surface area contributed by atoms with Crippen LogP contribution in [0.3, 0.4) is 0 Å². The van der Waals surface area contributed by atoms with Gasteiger partial charge in [0.05, 0.1) is 11.6 Å². The number of halogens is 3. The molecule has 3 N–H and O–H groups in total. The molecular formula is C17H15Cl3N2O3S. The first kappa shape index (κ1) is 20.6. The molecule has 1 amide bonds. The monoisotopic (exact) mass is 432 g/mol. The quantitative estimate of drug-likeness (QED) is 0.651. The van der Waals surface area contributed by atoms with E-state index in [4.69, 9.17) is 50.0 Å². The topological polar surface area (TPSA) is 73.6 Å². The fourth-order valence-electron chi connectivity index (χ4n) is 2.07. The Morgan fingerprint density at radius 3 is 2.50 bits per heavy atom. The van der Waals surface area contributed by atoms with Gasteiger partial charge in [-0.2, -0.15) is 0 Å². The summed E-state index contributed by atoms with van der Waals surface area (Å²) in [5, 5.41) is 3.40. The number of hydrogen-bond acceptors (Lipinski definition) is 4. The lowest BCUT2D eigenvalue weighted by molar-refractivity contribution is 0.0977. The summed E-state index contributed by atoms with van der Waals surface area (Å²) in [6, 6.07) is 8.03. The molecular weight excluding hydrogens is 419 g/mol. The van der Waals surface area contributed by atoms with Gasteiger partial charge in [-0.15, -0.1) is 0 Å². The first-order chi connectivity index (χ1) is 12.3. The standard InChI is InChI=1S/C17H15Cl3N2O3S/c1-2-24-14-6-10(16(23)22-17(21)26)5-13(20)15(14)25-8-9-3-4-11(18)7-12(9)19/h3-7H,2,8H2,1H3,(H3,21,22,23,26). The smallest absolute Gasteiger partial charge is 0.257 e. The molecule has 0 aliphatic rings. The highest BCUT2D eigenvalue weighted by molar-refractivity contribution is 7.80. The van der Waals surface area contributed by atoms with Crippen molar-refractivity contribution >= 4 is 58.0 Å². The van der Waals surface area contributed by atoms with Crippen molar-refractivity contribution in [1.29, 1.82) is 0 Å². The van der Waals surface area contributed by atoms with Crippen LogP contribution in [0.1, 0.15) is 22.8 Å². The van der Waals surface area contributed by atoms with Crippen LogP contribution in [0, 0.1) is 0 Å². The van der Waals surface area contributed by atoms with Gasteiger partial charge in [-0.3, -0.25) is 10.1 Å². The summed E-state index contributed by atoms with van der Waals surface area (Å²) in [4.78, 5) is 12.1. The van der Waals surface area contributed by atoms with Crippen molar-refractivity contribution in [2.24, 2.45) is 5.73 Å². The van der Waals surface area contributed by atoms with Gasteiger partial charge >= 0.3 is 0 Å². The second kappa shape index (κ2) is 9.28. The molecule has 0 aliphatic heterocycles. The van der Waals surface area contributed by atoms with Crippen molar-refractivity contribution < 1.29 is 14.3 Å². The molecule has 26 heavy (non-hydrogen) atoms. The Balaban J connectivity index is 2.29. The van der Waals surface area contributed by atoms with Crippen molar-refractivity contribution in [3.63, 3.8) is 0 Å². The molecule has 0 saturated carbocycles. The van der Waals surface area contributed by atoms with Gasteiger partial charge in [-0.05, 0) is 43.4 Å². The Hall–Kier alpha value is -1.73. The maximum Gasteiger partial charge on any atom is 0.257 e. The van der Waals surface area contributed by atoms with E-state index in [1.807, 2.05) is 0 Å². The van der Waals surface area contributed by atoms with E-state index >= 15 is 0 Å². The Labute approximate surface area is 171 Å². The van der Waals surface area contributed by atoms with Gasteiger partial charge in [-0.1, -0.05) is 40.9 Å². The number of rotatable bonds is 6. The highest BCUT2D eigenvalue weighted by Crippen LogP contribution is 2.37. The van der Waals surface area contributed by atoms with Crippen molar-refractivity contribution in [2.75, 3.05) is 6.61 Å². The summed E-state index contributed by atoms with van der Waals surface area (Å²) >= 11 is 23.0. The third-order valence-corrected chi connectivity index (χ3v) is 4.17. The van der Waals surface area contributed by atoms with E-state index in [9.17, 15) is 4.79 Å². The Kier molecular flexibility index (Phi) is 7.34. The van der Waals surface area contributed by atoms with Crippen LogP contribution in [0.2, 0.25) is 15.1 Å². The van der Waals surface area contributed by atoms with Gasteiger partial charge < -0.3 is 15.2 Å². The number of benzene rings is 2. The molecule has 0 unspecified atom stereocenters. The van der Waals surface area contributed by atoms with Gasteiger partial charge in [-0.25, -0.2) is 0 Å². The number of carbonyl (C=O) groups is 1. The number of ether oxygens (including phenoxy) is 2. The minimum Gasteiger partial charge on any atom is -0.490 e. The molecule has 2 rings (SSSR count). The minimum atomic E-state index is -0.493. The molecule has 2 aromatic rings. The first-order valence-electron chi connectivity index (χ1n) is 7.45. The average molecular weight is 434 g/mol. The molecule has 138 valence electrons. The van der Waals surface area contributed by atoms with E-state index in [1.54, 1.807) is 25.1 Å². The summed E-state index contributed by atoms with van der Waals surface area (Å²) in [6.07, 6.45) is 0. The lowest BCUT2D eigenvalue weighted by Gasteiger charge is -2.15. The number of nitrogens with two attached hydrogens (primary N) is 1. The van der Waals surface area contributed by atoms with Crippen LogP contribution in [0.4, 0.5) is 0 Å². The van der Waals surface area contributed by atoms with Crippen molar-refractivity contribution in [2.45, 2.75) is 13.5 Å². The summed E-state index contributed by atoms with van der Waals surface area (Å²) in [5.41, 5.74) is 6.29. The average Bonchev–Trinajstić information content (AvgIpc) is 2.55. The number of thiocarbonyl (C=S) groups is 1. The predicted octanol–water partition coefficient (Wildman–Crippen LogP) is 4.60. The lowest BCUT2D eigenvalue weighted by Crippen LogP contribution is -2.34. The molecule has 9 heteroatoms. The molecule has 0 atom stereocenters. The van der Waals surface area contributed by atoms with Crippen molar-refractivity contribution in [3.8, 4) is 11.5 Å². The molecule has 5 nitrogen and oxygen atoms in total. The maximum atomic E-state index is 12.1. The van der Waals surface area contributed by atoms with Gasteiger partial charge in [0.15, 0.2) is 16.6 Å². The Bertz CT molecular complexity index is 846. The van der Waals surface area contributed by atoms with Crippen LogP contribution in [0.25, 0.3) is 0 Å². The molecule has 0 saturated heterocycles. The number of carbonyl (C=O) groups excluding carboxylic acids is 1. The van der Waals surface area contributed by atoms with E-state index in [0.717, 1.165) is 5.56 Å². The maximum absolute atomic E-state index is 12.1. The van der Waals surface area contributed by atoms with E-state index in [-0.39, 0.29) is 22.3 Å². The van der Waals surface area contributed by atoms with E-state index < -0.39 is 5.91 Å². The van der Waals surface area contributed by atoms with E-state index in [0.29, 0.717) is 28.2 Å². The number of nitrogens with one attached hydrogen (secondary N) is 1. The molecule has 0 aliphatic carbocycles. The van der Waals surface area contributed by atoms with Crippen LogP contribution in [-0.2, 0) is 6.61 Å². The van der Waals surface area contributed by atoms with Crippen LogP contribution in [-0.4, -0.2) is 17.6 Å². The van der Waals surface area contributed by atoms with Gasteiger partial charge in [0.25, 0.3) is 5.91 Å². The molecule has 0 aromatic heterocycles. The van der Waals surface area contributed by atoms with Gasteiger partial charge in [0, 0.05) is 21.2 Å². The molecule has 0 radical (unpaired) electrons. The summed E-state index contributed by atoms with van der Waals surface area (Å²) in [7, 11) is 0. The van der Waals surface area contributed by atoms with Crippen LogP contribution in [0.15, 0.2) is 30.3 Å². The Morgan fingerprint density at radius 2 is 1.88 bits per heavy atom. The number of amides is 1. The van der Waals surface area contributed by atoms with E-state index in [2.05, 4.69) is 17.5 Å². The molecule has 0 spiro atoms. The van der Waals surface area contributed by atoms with Crippen molar-refractivity contribution in [3.05, 3.63) is 56.5 Å². The molecule has 0 bridgehead atoms. The fraction of sp³-hybridized carbons (Fsp3) is 0.176. The predicted molar refractivity (Wildman–Crippen MR) is 108 cm³/mol. The third-order valence-electron chi connectivity index (χ3n) is 3.20. The highest BCUT2D eigenvalue weighted by Gasteiger charge is 2.17. The zero-order valence-corrected chi connectivity index (χ0v) is 16.7. The van der Waals surface area contributed by atoms with Gasteiger partial charge in [0.2, 0.25) is 0 Å².